The molecule has 15 heteroatoms. The Morgan fingerprint density at radius 1 is 0.800 bits per heavy atom. The Bertz CT molecular complexity index is 136. The molecule has 0 spiro atoms. The van der Waals surface area contributed by atoms with Gasteiger partial charge in [0.2, 0.25) is 0 Å². The van der Waals surface area contributed by atoms with Crippen LogP contribution < -0.4 is 155 Å². The molecule has 4 N–H and O–H groups in total. The monoisotopic (exact) mass is 318 g/mol. The summed E-state index contributed by atoms with van der Waals surface area (Å²) in [5.74, 6) is 0. The number of rotatable bonds is 0. The molecule has 0 aromatic rings. The number of hydrogen-bond acceptors (Lipinski definition) is 6. The predicted octanol–water partition coefficient (Wildman–Crippen LogP) is -15.9. The molecule has 0 aliphatic heterocycles. The molecule has 0 fully saturated rings. The van der Waals surface area contributed by atoms with Gasteiger partial charge in [0.05, 0.1) is 7.82 Å². The van der Waals surface area contributed by atoms with Crippen LogP contribution in [-0.2, 0) is 9.13 Å². The van der Waals surface area contributed by atoms with Crippen LogP contribution in [0.1, 0.15) is 0 Å². The molecule has 0 amide bonds. The third-order valence-corrected chi connectivity index (χ3v) is 0. The summed E-state index contributed by atoms with van der Waals surface area (Å²) in [6.45, 7) is 0. The van der Waals surface area contributed by atoms with Gasteiger partial charge in [-0.1, -0.05) is 0 Å². The summed E-state index contributed by atoms with van der Waals surface area (Å²) in [7, 11) is -10.0. The van der Waals surface area contributed by atoms with E-state index in [1.807, 2.05) is 0 Å². The molecule has 72 valence electrons. The van der Waals surface area contributed by atoms with E-state index in [2.05, 4.69) is 0 Å². The Labute approximate surface area is 195 Å². The third-order valence-electron chi connectivity index (χ3n) is 0. The summed E-state index contributed by atoms with van der Waals surface area (Å²) in [6, 6.07) is 0. The summed E-state index contributed by atoms with van der Waals surface area (Å²) in [4.78, 5) is 47.2. The Hall–Kier alpha value is 4.82. The second kappa shape index (κ2) is 21.1. The smallest absolute Gasteiger partial charge is 0.870 e. The quantitative estimate of drug-likeness (QED) is 0.287. The molecule has 0 aromatic carbocycles. The molecular weight excluding hydrogens is 314 g/mol. The van der Waals surface area contributed by atoms with Crippen LogP contribution in [0.3, 0.4) is 0 Å². The van der Waals surface area contributed by atoms with E-state index in [1.54, 1.807) is 0 Å². The van der Waals surface area contributed by atoms with E-state index in [0.717, 1.165) is 0 Å². The third kappa shape index (κ3) is 229. The van der Waals surface area contributed by atoms with Crippen molar-refractivity contribution < 1.29 is 184 Å². The second-order valence-electron chi connectivity index (χ2n) is 0.959. The van der Waals surface area contributed by atoms with Crippen LogP contribution in [0.2, 0.25) is 0 Å². The Kier molecular flexibility index (Phi) is 60.1. The van der Waals surface area contributed by atoms with Gasteiger partial charge in [0, 0.05) is 0 Å². The fourth-order valence-corrected chi connectivity index (χ4v) is 0. The van der Waals surface area contributed by atoms with Crippen LogP contribution in [-0.4, -0.2) is 20.2 Å². The van der Waals surface area contributed by atoms with Gasteiger partial charge in [0.15, 0.2) is 0 Å². The van der Waals surface area contributed by atoms with Crippen molar-refractivity contribution in [3.8, 4) is 0 Å². The molecule has 0 rings (SSSR count). The molecule has 0 aliphatic carbocycles. The largest absolute Gasteiger partial charge is 1.00 e. The van der Waals surface area contributed by atoms with Crippen molar-refractivity contribution in [2.75, 3.05) is 0 Å². The van der Waals surface area contributed by atoms with Crippen molar-refractivity contribution in [1.82, 2.24) is 0 Å². The first-order valence-corrected chi connectivity index (χ1v) is 4.54. The minimum Gasteiger partial charge on any atom is -0.870 e. The van der Waals surface area contributed by atoms with Crippen molar-refractivity contribution in [2.45, 2.75) is 0 Å². The van der Waals surface area contributed by atoms with Gasteiger partial charge >= 0.3 is 140 Å². The normalized spacial score (nSPS) is 7.87. The SMILES string of the molecule is O=P([O-])(O)O.O=P([O-])([O-])O.[K+].[Na+].[Na+].[Na+].[OH-]. The molecular formula is H4KNa3O9P2. The minimum atomic E-state index is -5.14. The minimum absolute atomic E-state index is 0. The van der Waals surface area contributed by atoms with Crippen LogP contribution in [0, 0.1) is 0 Å². The van der Waals surface area contributed by atoms with Gasteiger partial charge in [0.1, 0.15) is 0 Å². The van der Waals surface area contributed by atoms with Crippen molar-refractivity contribution in [2.24, 2.45) is 0 Å². The average Bonchev–Trinajstić information content (AvgIpc) is 1.12. The molecule has 0 heterocycles. The molecule has 0 bridgehead atoms. The van der Waals surface area contributed by atoms with E-state index in [9.17, 15) is 0 Å². The Balaban J connectivity index is -0.0000000128. The fraction of sp³-hybridized carbons (Fsp3) is 0. The van der Waals surface area contributed by atoms with Gasteiger partial charge in [-0.15, -0.1) is 0 Å². The molecule has 9 nitrogen and oxygen atoms in total. The summed E-state index contributed by atoms with van der Waals surface area (Å²) in [5.41, 5.74) is 0. The zero-order valence-corrected chi connectivity index (χ0v) is 19.6. The number of phosphoric acid groups is 2. The molecule has 0 radical (unpaired) electrons. The van der Waals surface area contributed by atoms with Crippen molar-refractivity contribution in [3.05, 3.63) is 0 Å². The molecule has 15 heavy (non-hydrogen) atoms. The van der Waals surface area contributed by atoms with Gasteiger partial charge in [-0.05, 0) is 0 Å². The molecule has 0 saturated carbocycles. The summed E-state index contributed by atoms with van der Waals surface area (Å²) >= 11 is 0. The van der Waals surface area contributed by atoms with Crippen LogP contribution >= 0.6 is 15.6 Å². The van der Waals surface area contributed by atoms with Gasteiger partial charge in [-0.25, -0.2) is 0 Å². The first kappa shape index (κ1) is 42.7. The molecule has 0 atom stereocenters. The second-order valence-corrected chi connectivity index (χ2v) is 2.88. The predicted molar refractivity (Wildman–Crippen MR) is 23.8 cm³/mol. The zero-order valence-electron chi connectivity index (χ0n) is 8.72. The van der Waals surface area contributed by atoms with Crippen LogP contribution in [0.4, 0.5) is 0 Å². The summed E-state index contributed by atoms with van der Waals surface area (Å²) in [5, 5.41) is 0. The average molecular weight is 318 g/mol. The van der Waals surface area contributed by atoms with Crippen LogP contribution in [0.25, 0.3) is 0 Å². The van der Waals surface area contributed by atoms with E-state index in [0.29, 0.717) is 0 Å². The summed E-state index contributed by atoms with van der Waals surface area (Å²) in [6.07, 6.45) is 0. The van der Waals surface area contributed by atoms with Crippen molar-refractivity contribution in [1.29, 1.82) is 0 Å². The Morgan fingerprint density at radius 2 is 0.800 bits per heavy atom. The summed E-state index contributed by atoms with van der Waals surface area (Å²) < 4.78 is 17.4. The van der Waals surface area contributed by atoms with Crippen molar-refractivity contribution >= 4 is 15.6 Å². The van der Waals surface area contributed by atoms with Crippen LogP contribution in [0.15, 0.2) is 0 Å². The van der Waals surface area contributed by atoms with Gasteiger partial charge in [-0.2, -0.15) is 0 Å². The van der Waals surface area contributed by atoms with E-state index in [-0.39, 0.29) is 146 Å². The van der Waals surface area contributed by atoms with E-state index >= 15 is 0 Å². The van der Waals surface area contributed by atoms with Crippen LogP contribution in [0.5, 0.6) is 0 Å². The maximum absolute atomic E-state index is 8.77. The zero-order chi connectivity index (χ0) is 9.00. The number of hydrogen-bond donors (Lipinski definition) is 3. The first-order valence-electron chi connectivity index (χ1n) is 1.51. The van der Waals surface area contributed by atoms with Gasteiger partial charge < -0.3 is 39.4 Å². The van der Waals surface area contributed by atoms with Gasteiger partial charge in [-0.3, -0.25) is 4.57 Å². The van der Waals surface area contributed by atoms with Gasteiger partial charge in [0.25, 0.3) is 7.82 Å². The maximum atomic E-state index is 8.77. The van der Waals surface area contributed by atoms with E-state index in [4.69, 9.17) is 38.5 Å². The van der Waals surface area contributed by atoms with E-state index < -0.39 is 15.6 Å². The first-order chi connectivity index (χ1) is 4.00. The maximum Gasteiger partial charge on any atom is 1.00 e. The molecule has 0 saturated heterocycles. The fourth-order valence-electron chi connectivity index (χ4n) is 0. The standard InChI is InChI=1S/K.3Na.2H3O4P.H2O/c;;;;2*1-5(2,3)4;/h;;;;2*(H3,1,2,3,4);1H2/q4*+1;;;/p-4. The molecule has 0 aliphatic rings. The van der Waals surface area contributed by atoms with E-state index in [1.165, 1.54) is 0 Å². The molecule has 0 aromatic heterocycles. The topological polar surface area (TPSA) is 194 Å². The van der Waals surface area contributed by atoms with Crippen molar-refractivity contribution in [3.63, 3.8) is 0 Å². The molecule has 0 unspecified atom stereocenters. The Morgan fingerprint density at radius 3 is 0.800 bits per heavy atom.